The minimum atomic E-state index is -0.319. The fourth-order valence-corrected chi connectivity index (χ4v) is 2.55. The summed E-state index contributed by atoms with van der Waals surface area (Å²) in [6, 6.07) is 10.5. The predicted octanol–water partition coefficient (Wildman–Crippen LogP) is 5.27. The van der Waals surface area contributed by atoms with Crippen LogP contribution in [-0.4, -0.2) is 0 Å². The second-order valence-electron chi connectivity index (χ2n) is 4.01. The van der Waals surface area contributed by atoms with E-state index in [0.29, 0.717) is 20.2 Å². The number of nitrogens with one attached hydrogen (secondary N) is 1. The van der Waals surface area contributed by atoms with Crippen molar-refractivity contribution in [3.05, 3.63) is 56.2 Å². The Kier molecular flexibility index (Phi) is 4.23. The highest BCUT2D eigenvalue weighted by atomic mass is 79.9. The molecule has 0 saturated heterocycles. The van der Waals surface area contributed by atoms with Crippen LogP contribution in [0.2, 0.25) is 0 Å². The summed E-state index contributed by atoms with van der Waals surface area (Å²) in [6.45, 7) is 1.89. The second-order valence-corrected chi connectivity index (χ2v) is 5.72. The van der Waals surface area contributed by atoms with E-state index in [9.17, 15) is 4.39 Å². The Morgan fingerprint density at radius 2 is 1.89 bits per heavy atom. The Bertz CT molecular complexity index is 678. The number of halogens is 3. The molecule has 2 aromatic carbocycles. The molecule has 0 aliphatic heterocycles. The maximum Gasteiger partial charge on any atom is 0.139 e. The van der Waals surface area contributed by atoms with Crippen molar-refractivity contribution in [1.82, 2.24) is 0 Å². The van der Waals surface area contributed by atoms with E-state index in [4.69, 9.17) is 5.26 Å². The number of hydrogen-bond donors (Lipinski definition) is 1. The maximum absolute atomic E-state index is 13.5. The molecule has 0 aliphatic carbocycles. The van der Waals surface area contributed by atoms with Gasteiger partial charge in [-0.15, -0.1) is 0 Å². The van der Waals surface area contributed by atoms with Crippen LogP contribution < -0.4 is 5.32 Å². The SMILES string of the molecule is Cc1cc(Br)c(F)cc1Nc1ccc(C#N)c(Br)c1. The molecule has 0 amide bonds. The summed E-state index contributed by atoms with van der Waals surface area (Å²) in [5.74, 6) is -0.319. The quantitative estimate of drug-likeness (QED) is 0.766. The van der Waals surface area contributed by atoms with Gasteiger partial charge in [0, 0.05) is 15.8 Å². The van der Waals surface area contributed by atoms with Crippen molar-refractivity contribution in [3.63, 3.8) is 0 Å². The van der Waals surface area contributed by atoms with E-state index in [1.807, 2.05) is 6.92 Å². The lowest BCUT2D eigenvalue weighted by atomic mass is 10.1. The largest absolute Gasteiger partial charge is 0.355 e. The Balaban J connectivity index is 2.34. The van der Waals surface area contributed by atoms with E-state index < -0.39 is 0 Å². The third-order valence-electron chi connectivity index (χ3n) is 2.64. The molecule has 0 spiro atoms. The average Bonchev–Trinajstić information content (AvgIpc) is 2.36. The molecule has 2 aromatic rings. The highest BCUT2D eigenvalue weighted by Gasteiger charge is 2.07. The van der Waals surface area contributed by atoms with Crippen LogP contribution in [-0.2, 0) is 0 Å². The number of nitrogens with zero attached hydrogens (tertiary/aromatic N) is 1. The van der Waals surface area contributed by atoms with E-state index in [1.54, 1.807) is 24.3 Å². The zero-order valence-corrected chi connectivity index (χ0v) is 13.1. The summed E-state index contributed by atoms with van der Waals surface area (Å²) in [5, 5.41) is 12.0. The van der Waals surface area contributed by atoms with Crippen molar-refractivity contribution < 1.29 is 4.39 Å². The molecule has 19 heavy (non-hydrogen) atoms. The summed E-state index contributed by atoms with van der Waals surface area (Å²) in [5.41, 5.74) is 2.96. The topological polar surface area (TPSA) is 35.8 Å². The smallest absolute Gasteiger partial charge is 0.139 e. The van der Waals surface area contributed by atoms with Gasteiger partial charge in [-0.1, -0.05) is 0 Å². The summed E-state index contributed by atoms with van der Waals surface area (Å²) in [7, 11) is 0. The molecule has 0 heterocycles. The molecule has 1 N–H and O–H groups in total. The molecule has 0 bridgehead atoms. The van der Waals surface area contributed by atoms with Crippen LogP contribution in [0.4, 0.5) is 15.8 Å². The van der Waals surface area contributed by atoms with Crippen LogP contribution in [0.25, 0.3) is 0 Å². The standard InChI is InChI=1S/C14H9Br2FN2/c1-8-4-12(16)13(17)6-14(8)19-10-3-2-9(7-18)11(15)5-10/h2-6,19H,1H3. The molecule has 2 rings (SSSR count). The van der Waals surface area contributed by atoms with Crippen molar-refractivity contribution in [2.45, 2.75) is 6.92 Å². The third-order valence-corrected chi connectivity index (χ3v) is 3.90. The molecule has 2 nitrogen and oxygen atoms in total. The number of rotatable bonds is 2. The van der Waals surface area contributed by atoms with Gasteiger partial charge >= 0.3 is 0 Å². The zero-order valence-electron chi connectivity index (χ0n) is 9.97. The molecule has 0 fully saturated rings. The summed E-state index contributed by atoms with van der Waals surface area (Å²) < 4.78 is 14.7. The molecule has 0 unspecified atom stereocenters. The lowest BCUT2D eigenvalue weighted by molar-refractivity contribution is 0.621. The first-order valence-corrected chi connectivity index (χ1v) is 7.02. The predicted molar refractivity (Wildman–Crippen MR) is 81.0 cm³/mol. The van der Waals surface area contributed by atoms with Crippen molar-refractivity contribution in [1.29, 1.82) is 5.26 Å². The van der Waals surface area contributed by atoms with Crippen LogP contribution in [0.5, 0.6) is 0 Å². The number of aryl methyl sites for hydroxylation is 1. The number of hydrogen-bond acceptors (Lipinski definition) is 2. The van der Waals surface area contributed by atoms with Gasteiger partial charge in [-0.3, -0.25) is 0 Å². The Labute approximate surface area is 127 Å². The van der Waals surface area contributed by atoms with Crippen molar-refractivity contribution in [3.8, 4) is 6.07 Å². The fraction of sp³-hybridized carbons (Fsp3) is 0.0714. The first kappa shape index (κ1) is 14.0. The second kappa shape index (κ2) is 5.72. The Morgan fingerprint density at radius 3 is 2.53 bits per heavy atom. The first-order chi connectivity index (χ1) is 9.01. The molecule has 0 atom stereocenters. The lowest BCUT2D eigenvalue weighted by Crippen LogP contribution is -1.95. The average molecular weight is 384 g/mol. The molecular weight excluding hydrogens is 375 g/mol. The summed E-state index contributed by atoms with van der Waals surface area (Å²) >= 11 is 6.47. The van der Waals surface area contributed by atoms with Gasteiger partial charge < -0.3 is 5.32 Å². The van der Waals surface area contributed by atoms with E-state index in [1.165, 1.54) is 6.07 Å². The van der Waals surface area contributed by atoms with E-state index in [0.717, 1.165) is 11.3 Å². The normalized spacial score (nSPS) is 10.1. The first-order valence-electron chi connectivity index (χ1n) is 5.43. The van der Waals surface area contributed by atoms with Crippen LogP contribution in [0.1, 0.15) is 11.1 Å². The highest BCUT2D eigenvalue weighted by molar-refractivity contribution is 9.10. The Morgan fingerprint density at radius 1 is 1.16 bits per heavy atom. The molecule has 0 radical (unpaired) electrons. The molecular formula is C14H9Br2FN2. The van der Waals surface area contributed by atoms with Gasteiger partial charge in [-0.25, -0.2) is 4.39 Å². The van der Waals surface area contributed by atoms with E-state index in [-0.39, 0.29) is 5.82 Å². The fourth-order valence-electron chi connectivity index (χ4n) is 1.62. The Hall–Kier alpha value is -1.38. The molecule has 0 saturated carbocycles. The minimum Gasteiger partial charge on any atom is -0.355 e. The van der Waals surface area contributed by atoms with Crippen molar-refractivity contribution >= 4 is 43.2 Å². The van der Waals surface area contributed by atoms with Gasteiger partial charge in [-0.05, 0) is 74.7 Å². The molecule has 0 aliphatic rings. The molecule has 96 valence electrons. The third kappa shape index (κ3) is 3.14. The van der Waals surface area contributed by atoms with Gasteiger partial charge in [0.1, 0.15) is 11.9 Å². The molecule has 0 aromatic heterocycles. The van der Waals surface area contributed by atoms with E-state index >= 15 is 0 Å². The number of nitriles is 1. The van der Waals surface area contributed by atoms with Gasteiger partial charge in [-0.2, -0.15) is 5.26 Å². The van der Waals surface area contributed by atoms with Gasteiger partial charge in [0.2, 0.25) is 0 Å². The van der Waals surface area contributed by atoms with Gasteiger partial charge in [0.15, 0.2) is 0 Å². The maximum atomic E-state index is 13.5. The van der Waals surface area contributed by atoms with Crippen LogP contribution in [0.3, 0.4) is 0 Å². The number of benzene rings is 2. The monoisotopic (exact) mass is 382 g/mol. The van der Waals surface area contributed by atoms with Gasteiger partial charge in [0.25, 0.3) is 0 Å². The highest BCUT2D eigenvalue weighted by Crippen LogP contribution is 2.28. The lowest BCUT2D eigenvalue weighted by Gasteiger charge is -2.11. The van der Waals surface area contributed by atoms with Crippen molar-refractivity contribution in [2.24, 2.45) is 0 Å². The van der Waals surface area contributed by atoms with Crippen LogP contribution in [0, 0.1) is 24.1 Å². The van der Waals surface area contributed by atoms with Gasteiger partial charge in [0.05, 0.1) is 10.0 Å². The minimum absolute atomic E-state index is 0.319. The summed E-state index contributed by atoms with van der Waals surface area (Å²) in [4.78, 5) is 0. The summed E-state index contributed by atoms with van der Waals surface area (Å²) in [6.07, 6.45) is 0. The van der Waals surface area contributed by atoms with Crippen LogP contribution >= 0.6 is 31.9 Å². The van der Waals surface area contributed by atoms with Crippen LogP contribution in [0.15, 0.2) is 39.3 Å². The van der Waals surface area contributed by atoms with Crippen molar-refractivity contribution in [2.75, 3.05) is 5.32 Å². The number of anilines is 2. The zero-order chi connectivity index (χ0) is 14.0. The molecule has 5 heteroatoms. The van der Waals surface area contributed by atoms with E-state index in [2.05, 4.69) is 43.2 Å².